The minimum Gasteiger partial charge on any atom is -0.480 e. The fourth-order valence-corrected chi connectivity index (χ4v) is 5.12. The van der Waals surface area contributed by atoms with Crippen LogP contribution in [0.3, 0.4) is 0 Å². The highest BCUT2D eigenvalue weighted by Gasteiger charge is 2.45. The lowest BCUT2D eigenvalue weighted by Crippen LogP contribution is -2.52. The summed E-state index contributed by atoms with van der Waals surface area (Å²) in [4.78, 5) is 37.1. The maximum absolute atomic E-state index is 12.9. The Bertz CT molecular complexity index is 1050. The van der Waals surface area contributed by atoms with Gasteiger partial charge < -0.3 is 20.5 Å². The molecule has 2 unspecified atom stereocenters. The van der Waals surface area contributed by atoms with Crippen molar-refractivity contribution in [2.45, 2.75) is 69.9 Å². The topological polar surface area (TPSA) is 105 Å². The van der Waals surface area contributed by atoms with Crippen molar-refractivity contribution in [1.82, 2.24) is 10.6 Å². The third-order valence-corrected chi connectivity index (χ3v) is 7.22. The van der Waals surface area contributed by atoms with Gasteiger partial charge in [0.1, 0.15) is 12.6 Å². The molecule has 0 spiro atoms. The molecule has 0 radical (unpaired) electrons. The largest absolute Gasteiger partial charge is 0.480 e. The number of amides is 2. The summed E-state index contributed by atoms with van der Waals surface area (Å²) in [6.07, 6.45) is 3.22. The van der Waals surface area contributed by atoms with E-state index in [1.807, 2.05) is 38.1 Å². The van der Waals surface area contributed by atoms with Crippen LogP contribution in [0.1, 0.15) is 69.4 Å². The summed E-state index contributed by atoms with van der Waals surface area (Å²) in [5, 5.41) is 15.0. The Morgan fingerprint density at radius 2 is 1.66 bits per heavy atom. The average molecular weight is 479 g/mol. The maximum atomic E-state index is 12.9. The zero-order chi connectivity index (χ0) is 25.0. The van der Waals surface area contributed by atoms with Gasteiger partial charge in [0.2, 0.25) is 5.91 Å². The molecule has 186 valence electrons. The van der Waals surface area contributed by atoms with Crippen LogP contribution in [-0.2, 0) is 14.3 Å². The summed E-state index contributed by atoms with van der Waals surface area (Å²) in [7, 11) is 0. The van der Waals surface area contributed by atoms with E-state index in [1.54, 1.807) is 0 Å². The highest BCUT2D eigenvalue weighted by Crippen LogP contribution is 2.45. The molecule has 2 atom stereocenters. The fraction of sp³-hybridized carbons (Fsp3) is 0.464. The van der Waals surface area contributed by atoms with Crippen LogP contribution in [0.2, 0.25) is 0 Å². The van der Waals surface area contributed by atoms with Crippen LogP contribution in [0.25, 0.3) is 11.1 Å². The number of nitrogens with one attached hydrogen (secondary N) is 2. The smallest absolute Gasteiger partial charge is 0.407 e. The monoisotopic (exact) mass is 478 g/mol. The second-order valence-electron chi connectivity index (χ2n) is 9.92. The first-order valence-electron chi connectivity index (χ1n) is 12.5. The van der Waals surface area contributed by atoms with E-state index in [9.17, 15) is 19.5 Å². The van der Waals surface area contributed by atoms with Crippen LogP contribution in [0, 0.1) is 5.92 Å². The highest BCUT2D eigenvalue weighted by molar-refractivity contribution is 5.85. The van der Waals surface area contributed by atoms with E-state index in [2.05, 4.69) is 34.9 Å². The summed E-state index contributed by atoms with van der Waals surface area (Å²) in [6.45, 7) is 4.02. The van der Waals surface area contributed by atoms with E-state index in [1.165, 1.54) is 0 Å². The Morgan fingerprint density at radius 3 is 2.20 bits per heavy atom. The molecule has 0 saturated heterocycles. The number of hydrogen-bond acceptors (Lipinski definition) is 4. The fourth-order valence-electron chi connectivity index (χ4n) is 5.12. The van der Waals surface area contributed by atoms with Crippen molar-refractivity contribution in [3.05, 3.63) is 59.7 Å². The molecule has 4 rings (SSSR count). The van der Waals surface area contributed by atoms with Gasteiger partial charge in [-0.2, -0.15) is 0 Å². The first-order valence-corrected chi connectivity index (χ1v) is 12.5. The molecule has 2 aromatic carbocycles. The quantitative estimate of drug-likeness (QED) is 0.429. The number of carboxylic acid groups (broad SMARTS) is 1. The lowest BCUT2D eigenvalue weighted by molar-refractivity contribution is -0.142. The lowest BCUT2D eigenvalue weighted by atomic mass is 9.91. The molecule has 3 N–H and O–H groups in total. The number of carbonyl (C=O) groups excluding carboxylic acids is 2. The molecule has 2 aromatic rings. The zero-order valence-corrected chi connectivity index (χ0v) is 20.4. The number of unbranched alkanes of at least 4 members (excludes halogenated alkanes) is 1. The number of carboxylic acids is 1. The molecule has 2 aliphatic rings. The van der Waals surface area contributed by atoms with E-state index in [0.29, 0.717) is 6.42 Å². The Labute approximate surface area is 206 Å². The molecule has 7 heteroatoms. The number of carbonyl (C=O) groups is 3. The second kappa shape index (κ2) is 10.5. The Balaban J connectivity index is 1.38. The van der Waals surface area contributed by atoms with E-state index in [-0.39, 0.29) is 30.8 Å². The Morgan fingerprint density at radius 1 is 1.06 bits per heavy atom. The van der Waals surface area contributed by atoms with Crippen LogP contribution < -0.4 is 10.6 Å². The van der Waals surface area contributed by atoms with Crippen LogP contribution >= 0.6 is 0 Å². The maximum Gasteiger partial charge on any atom is 0.407 e. The predicted molar refractivity (Wildman–Crippen MR) is 133 cm³/mol. The normalized spacial score (nSPS) is 17.0. The number of benzene rings is 2. The van der Waals surface area contributed by atoms with E-state index < -0.39 is 23.6 Å². The summed E-state index contributed by atoms with van der Waals surface area (Å²) in [6, 6.07) is 15.4. The number of rotatable bonds is 11. The summed E-state index contributed by atoms with van der Waals surface area (Å²) < 4.78 is 5.69. The van der Waals surface area contributed by atoms with Crippen molar-refractivity contribution in [2.75, 3.05) is 6.61 Å². The van der Waals surface area contributed by atoms with Crippen LogP contribution in [0.5, 0.6) is 0 Å². The van der Waals surface area contributed by atoms with Crippen molar-refractivity contribution < 1.29 is 24.2 Å². The zero-order valence-electron chi connectivity index (χ0n) is 20.4. The van der Waals surface area contributed by atoms with Crippen LogP contribution in [0.4, 0.5) is 4.79 Å². The van der Waals surface area contributed by atoms with Crippen molar-refractivity contribution >= 4 is 18.0 Å². The van der Waals surface area contributed by atoms with Crippen molar-refractivity contribution in [2.24, 2.45) is 5.92 Å². The third kappa shape index (κ3) is 5.66. The van der Waals surface area contributed by atoms with Crippen LogP contribution in [0.15, 0.2) is 48.5 Å². The van der Waals surface area contributed by atoms with Gasteiger partial charge in [-0.05, 0) is 54.4 Å². The molecule has 2 aliphatic carbocycles. The molecule has 0 heterocycles. The second-order valence-corrected chi connectivity index (χ2v) is 9.92. The molecule has 1 fully saturated rings. The van der Waals surface area contributed by atoms with Gasteiger partial charge in [0, 0.05) is 12.3 Å². The van der Waals surface area contributed by atoms with Crippen molar-refractivity contribution in [1.29, 1.82) is 0 Å². The summed E-state index contributed by atoms with van der Waals surface area (Å²) >= 11 is 0. The van der Waals surface area contributed by atoms with Crippen molar-refractivity contribution in [3.63, 3.8) is 0 Å². The molecule has 0 aromatic heterocycles. The minimum atomic E-state index is -1.04. The van der Waals surface area contributed by atoms with Gasteiger partial charge in [0.05, 0.1) is 5.54 Å². The number of aliphatic carboxylic acids is 1. The molecule has 35 heavy (non-hydrogen) atoms. The van der Waals surface area contributed by atoms with Crippen LogP contribution in [-0.4, -0.2) is 41.3 Å². The number of hydrogen-bond donors (Lipinski definition) is 3. The summed E-state index contributed by atoms with van der Waals surface area (Å²) in [5.41, 5.74) is 3.80. The molecule has 1 saturated carbocycles. The molecule has 7 nitrogen and oxygen atoms in total. The minimum absolute atomic E-state index is 0.0117. The highest BCUT2D eigenvalue weighted by atomic mass is 16.5. The third-order valence-electron chi connectivity index (χ3n) is 7.22. The number of alkyl carbamates (subject to hydrolysis) is 1. The Kier molecular flexibility index (Phi) is 7.43. The SMILES string of the molecule is CCCCC(NC(=O)CC(C)(NC(=O)OCC1c2ccccc2-c2ccccc21)C1CC1)C(=O)O. The van der Waals surface area contributed by atoms with Gasteiger partial charge in [-0.15, -0.1) is 0 Å². The standard InChI is InChI=1S/C28H34N2O5/c1-3-4-13-24(26(32)33)29-25(31)16-28(2,18-14-15-18)30-27(34)35-17-23-21-11-7-5-9-19(21)20-10-6-8-12-22(20)23/h5-12,18,23-24H,3-4,13-17H2,1-2H3,(H,29,31)(H,30,34)(H,32,33). The van der Waals surface area contributed by atoms with E-state index in [0.717, 1.165) is 47.9 Å². The average Bonchev–Trinajstić information content (AvgIpc) is 3.64. The first kappa shape index (κ1) is 24.8. The van der Waals surface area contributed by atoms with E-state index >= 15 is 0 Å². The number of ether oxygens (including phenoxy) is 1. The predicted octanol–water partition coefficient (Wildman–Crippen LogP) is 4.84. The lowest BCUT2D eigenvalue weighted by Gasteiger charge is -2.31. The molecule has 0 aliphatic heterocycles. The number of fused-ring (bicyclic) bond motifs is 3. The molecular weight excluding hydrogens is 444 g/mol. The van der Waals surface area contributed by atoms with Gasteiger partial charge in [0.15, 0.2) is 0 Å². The van der Waals surface area contributed by atoms with Crippen molar-refractivity contribution in [3.8, 4) is 11.1 Å². The van der Waals surface area contributed by atoms with E-state index in [4.69, 9.17) is 4.74 Å². The van der Waals surface area contributed by atoms with Gasteiger partial charge in [0.25, 0.3) is 0 Å². The summed E-state index contributed by atoms with van der Waals surface area (Å²) in [5.74, 6) is -1.29. The van der Waals surface area contributed by atoms with Gasteiger partial charge >= 0.3 is 12.1 Å². The van der Waals surface area contributed by atoms with Gasteiger partial charge in [-0.1, -0.05) is 68.3 Å². The Hall–Kier alpha value is -3.35. The van der Waals surface area contributed by atoms with Gasteiger partial charge in [-0.3, -0.25) is 4.79 Å². The molecule has 0 bridgehead atoms. The molecule has 2 amide bonds. The molecular formula is C28H34N2O5. The first-order chi connectivity index (χ1) is 16.8. The van der Waals surface area contributed by atoms with Gasteiger partial charge in [-0.25, -0.2) is 9.59 Å².